The zero-order valence-electron chi connectivity index (χ0n) is 12.9. The van der Waals surface area contributed by atoms with E-state index in [-0.39, 0.29) is 17.9 Å². The van der Waals surface area contributed by atoms with Crippen molar-refractivity contribution >= 4 is 17.6 Å². The van der Waals surface area contributed by atoms with Gasteiger partial charge in [0.25, 0.3) is 0 Å². The van der Waals surface area contributed by atoms with Gasteiger partial charge in [-0.3, -0.25) is 14.5 Å². The predicted octanol–water partition coefficient (Wildman–Crippen LogP) is 0.567. The number of hydrogen-bond donors (Lipinski definition) is 1. The molecule has 0 bridgehead atoms. The lowest BCUT2D eigenvalue weighted by Crippen LogP contribution is -2.49. The second-order valence-electron chi connectivity index (χ2n) is 5.59. The Balaban J connectivity index is 1.83. The first-order valence-electron chi connectivity index (χ1n) is 7.28. The molecule has 2 heterocycles. The minimum atomic E-state index is -0.0475. The van der Waals surface area contributed by atoms with Crippen LogP contribution in [0.3, 0.4) is 0 Å². The van der Waals surface area contributed by atoms with E-state index < -0.39 is 0 Å². The van der Waals surface area contributed by atoms with Crippen LogP contribution in [-0.4, -0.2) is 64.1 Å². The molecular formula is C14H23N5O2. The quantitative estimate of drug-likeness (QED) is 0.881. The monoisotopic (exact) mass is 293 g/mol. The van der Waals surface area contributed by atoms with Gasteiger partial charge in [0.2, 0.25) is 11.8 Å². The molecule has 1 aliphatic heterocycles. The van der Waals surface area contributed by atoms with E-state index in [1.807, 2.05) is 18.7 Å². The van der Waals surface area contributed by atoms with Crippen LogP contribution in [0.4, 0.5) is 5.82 Å². The van der Waals surface area contributed by atoms with Crippen LogP contribution in [0.1, 0.15) is 26.8 Å². The summed E-state index contributed by atoms with van der Waals surface area (Å²) in [6.45, 7) is 8.80. The first-order valence-corrected chi connectivity index (χ1v) is 7.28. The van der Waals surface area contributed by atoms with Gasteiger partial charge in [-0.2, -0.15) is 5.10 Å². The SMILES string of the molecule is CC(=O)N1CCN(CC(=O)Nc2ccnn2C(C)C)CC1. The summed E-state index contributed by atoms with van der Waals surface area (Å²) in [6.07, 6.45) is 1.68. The lowest BCUT2D eigenvalue weighted by Gasteiger charge is -2.33. The molecular weight excluding hydrogens is 270 g/mol. The van der Waals surface area contributed by atoms with Gasteiger partial charge in [-0.25, -0.2) is 4.68 Å². The Bertz CT molecular complexity index is 503. The number of carbonyl (C=O) groups is 2. The van der Waals surface area contributed by atoms with Crippen LogP contribution in [0.5, 0.6) is 0 Å². The van der Waals surface area contributed by atoms with Crippen LogP contribution in [0.25, 0.3) is 0 Å². The lowest BCUT2D eigenvalue weighted by molar-refractivity contribution is -0.130. The molecule has 2 rings (SSSR count). The fourth-order valence-electron chi connectivity index (χ4n) is 2.43. The second-order valence-corrected chi connectivity index (χ2v) is 5.59. The van der Waals surface area contributed by atoms with Crippen LogP contribution in [-0.2, 0) is 9.59 Å². The highest BCUT2D eigenvalue weighted by molar-refractivity contribution is 5.91. The summed E-state index contributed by atoms with van der Waals surface area (Å²) in [6, 6.07) is 2.00. The third-order valence-electron chi connectivity index (χ3n) is 3.61. The molecule has 1 aliphatic rings. The average molecular weight is 293 g/mol. The molecule has 0 aliphatic carbocycles. The van der Waals surface area contributed by atoms with Crippen molar-refractivity contribution in [2.24, 2.45) is 0 Å². The average Bonchev–Trinajstić information content (AvgIpc) is 2.87. The third kappa shape index (κ3) is 4.04. The minimum absolute atomic E-state index is 0.0475. The summed E-state index contributed by atoms with van der Waals surface area (Å²) >= 11 is 0. The summed E-state index contributed by atoms with van der Waals surface area (Å²) in [5.41, 5.74) is 0. The van der Waals surface area contributed by atoms with Crippen LogP contribution in [0, 0.1) is 0 Å². The van der Waals surface area contributed by atoms with Gasteiger partial charge in [0, 0.05) is 45.2 Å². The smallest absolute Gasteiger partial charge is 0.239 e. The van der Waals surface area contributed by atoms with E-state index in [9.17, 15) is 9.59 Å². The first-order chi connectivity index (χ1) is 9.97. The fourth-order valence-corrected chi connectivity index (χ4v) is 2.43. The number of aromatic nitrogens is 2. The molecule has 1 N–H and O–H groups in total. The number of carbonyl (C=O) groups excluding carboxylic acids is 2. The van der Waals surface area contributed by atoms with Crippen LogP contribution < -0.4 is 5.32 Å². The van der Waals surface area contributed by atoms with E-state index in [1.165, 1.54) is 0 Å². The summed E-state index contributed by atoms with van der Waals surface area (Å²) in [4.78, 5) is 27.2. The topological polar surface area (TPSA) is 70.5 Å². The Morgan fingerprint density at radius 3 is 2.52 bits per heavy atom. The van der Waals surface area contributed by atoms with E-state index in [0.717, 1.165) is 18.9 Å². The number of nitrogens with zero attached hydrogens (tertiary/aromatic N) is 4. The zero-order chi connectivity index (χ0) is 15.4. The third-order valence-corrected chi connectivity index (χ3v) is 3.61. The van der Waals surface area contributed by atoms with Gasteiger partial charge < -0.3 is 10.2 Å². The Labute approximate surface area is 124 Å². The summed E-state index contributed by atoms with van der Waals surface area (Å²) in [5.74, 6) is 0.769. The number of rotatable bonds is 4. The number of anilines is 1. The molecule has 1 saturated heterocycles. The van der Waals surface area contributed by atoms with Crippen molar-refractivity contribution < 1.29 is 9.59 Å². The highest BCUT2D eigenvalue weighted by atomic mass is 16.2. The van der Waals surface area contributed by atoms with Crippen molar-refractivity contribution in [3.63, 3.8) is 0 Å². The molecule has 0 saturated carbocycles. The van der Waals surface area contributed by atoms with E-state index in [4.69, 9.17) is 0 Å². The van der Waals surface area contributed by atoms with Crippen molar-refractivity contribution in [2.75, 3.05) is 38.0 Å². The summed E-state index contributed by atoms with van der Waals surface area (Å²) in [7, 11) is 0. The number of nitrogens with one attached hydrogen (secondary N) is 1. The number of piperazine rings is 1. The molecule has 7 heteroatoms. The van der Waals surface area contributed by atoms with E-state index in [1.54, 1.807) is 23.9 Å². The predicted molar refractivity (Wildman–Crippen MR) is 79.9 cm³/mol. The molecule has 0 atom stereocenters. The van der Waals surface area contributed by atoms with Crippen molar-refractivity contribution in [2.45, 2.75) is 26.8 Å². The van der Waals surface area contributed by atoms with Gasteiger partial charge in [0.15, 0.2) is 0 Å². The molecule has 0 aromatic carbocycles. The molecule has 0 unspecified atom stereocenters. The molecule has 1 aromatic rings. The first kappa shape index (κ1) is 15.5. The summed E-state index contributed by atoms with van der Waals surface area (Å²) in [5, 5.41) is 7.08. The van der Waals surface area contributed by atoms with E-state index in [2.05, 4.69) is 15.3 Å². The standard InChI is InChI=1S/C14H23N5O2/c1-11(2)19-13(4-5-15-19)16-14(21)10-17-6-8-18(9-7-17)12(3)20/h4-5,11H,6-10H2,1-3H3,(H,16,21). The molecule has 1 aromatic heterocycles. The Kier molecular flexibility index (Phi) is 4.95. The highest BCUT2D eigenvalue weighted by Crippen LogP contribution is 2.13. The van der Waals surface area contributed by atoms with E-state index in [0.29, 0.717) is 19.6 Å². The van der Waals surface area contributed by atoms with Gasteiger partial charge in [0.05, 0.1) is 12.7 Å². The maximum atomic E-state index is 12.1. The van der Waals surface area contributed by atoms with Gasteiger partial charge in [-0.05, 0) is 13.8 Å². The second kappa shape index (κ2) is 6.71. The van der Waals surface area contributed by atoms with Gasteiger partial charge >= 0.3 is 0 Å². The molecule has 116 valence electrons. The Morgan fingerprint density at radius 1 is 1.29 bits per heavy atom. The minimum Gasteiger partial charge on any atom is -0.340 e. The fraction of sp³-hybridized carbons (Fsp3) is 0.643. The van der Waals surface area contributed by atoms with Crippen molar-refractivity contribution in [1.82, 2.24) is 19.6 Å². The molecule has 7 nitrogen and oxygen atoms in total. The largest absolute Gasteiger partial charge is 0.340 e. The maximum absolute atomic E-state index is 12.1. The van der Waals surface area contributed by atoms with Crippen LogP contribution in [0.2, 0.25) is 0 Å². The molecule has 1 fully saturated rings. The number of hydrogen-bond acceptors (Lipinski definition) is 4. The normalized spacial score (nSPS) is 16.3. The summed E-state index contributed by atoms with van der Waals surface area (Å²) < 4.78 is 1.78. The van der Waals surface area contributed by atoms with Gasteiger partial charge in [-0.1, -0.05) is 0 Å². The number of amides is 2. The van der Waals surface area contributed by atoms with E-state index >= 15 is 0 Å². The van der Waals surface area contributed by atoms with Crippen LogP contribution in [0.15, 0.2) is 12.3 Å². The van der Waals surface area contributed by atoms with Crippen LogP contribution >= 0.6 is 0 Å². The van der Waals surface area contributed by atoms with Crippen molar-refractivity contribution in [3.05, 3.63) is 12.3 Å². The maximum Gasteiger partial charge on any atom is 0.239 e. The molecule has 21 heavy (non-hydrogen) atoms. The molecule has 0 spiro atoms. The Hall–Kier alpha value is -1.89. The Morgan fingerprint density at radius 2 is 1.95 bits per heavy atom. The van der Waals surface area contributed by atoms with Crippen molar-refractivity contribution in [3.8, 4) is 0 Å². The molecule has 2 amide bonds. The van der Waals surface area contributed by atoms with Gasteiger partial charge in [-0.15, -0.1) is 0 Å². The molecule has 0 radical (unpaired) electrons. The zero-order valence-corrected chi connectivity index (χ0v) is 12.9. The highest BCUT2D eigenvalue weighted by Gasteiger charge is 2.20. The lowest BCUT2D eigenvalue weighted by atomic mass is 10.3. The van der Waals surface area contributed by atoms with Gasteiger partial charge in [0.1, 0.15) is 5.82 Å². The van der Waals surface area contributed by atoms with Crippen molar-refractivity contribution in [1.29, 1.82) is 0 Å².